The van der Waals surface area contributed by atoms with E-state index in [9.17, 15) is 0 Å². The fourth-order valence-corrected chi connectivity index (χ4v) is 2.52. The summed E-state index contributed by atoms with van der Waals surface area (Å²) in [5.41, 5.74) is 8.09. The van der Waals surface area contributed by atoms with Crippen molar-refractivity contribution in [3.8, 4) is 5.75 Å². The molecule has 0 saturated carbocycles. The van der Waals surface area contributed by atoms with Crippen LogP contribution < -0.4 is 15.8 Å². The Bertz CT molecular complexity index is 359. The van der Waals surface area contributed by atoms with Gasteiger partial charge in [0, 0.05) is 0 Å². The van der Waals surface area contributed by atoms with Gasteiger partial charge in [-0.2, -0.15) is 0 Å². The number of piperidine rings is 1. The third-order valence-electron chi connectivity index (χ3n) is 3.60. The zero-order valence-corrected chi connectivity index (χ0v) is 10.5. The van der Waals surface area contributed by atoms with Crippen LogP contribution in [0.1, 0.15) is 24.8 Å². The van der Waals surface area contributed by atoms with Crippen LogP contribution in [0, 0.1) is 5.92 Å². The molecular formula is C14H22N2O. The largest absolute Gasteiger partial charge is 0.495 e. The molecule has 0 aromatic heterocycles. The van der Waals surface area contributed by atoms with Crippen LogP contribution in [0.15, 0.2) is 18.2 Å². The van der Waals surface area contributed by atoms with Crippen LogP contribution in [0.5, 0.6) is 5.75 Å². The van der Waals surface area contributed by atoms with Crippen LogP contribution >= 0.6 is 0 Å². The predicted octanol–water partition coefficient (Wildman–Crippen LogP) is 2.21. The highest BCUT2D eigenvalue weighted by Crippen LogP contribution is 2.27. The molecule has 3 N–H and O–H groups in total. The summed E-state index contributed by atoms with van der Waals surface area (Å²) in [6, 6.07) is 6.04. The molecule has 1 aliphatic rings. The Labute approximate surface area is 103 Å². The fourth-order valence-electron chi connectivity index (χ4n) is 2.52. The maximum Gasteiger partial charge on any atom is 0.142 e. The summed E-state index contributed by atoms with van der Waals surface area (Å²) in [7, 11) is 1.67. The molecule has 0 amide bonds. The molecule has 3 heteroatoms. The SMILES string of the molecule is COc1cccc(CCC2CCCNC2)c1N. The molecule has 94 valence electrons. The third kappa shape index (κ3) is 3.13. The van der Waals surface area contributed by atoms with E-state index < -0.39 is 0 Å². The first-order valence-electron chi connectivity index (χ1n) is 6.43. The molecule has 0 radical (unpaired) electrons. The van der Waals surface area contributed by atoms with Crippen molar-refractivity contribution in [2.45, 2.75) is 25.7 Å². The van der Waals surface area contributed by atoms with Crippen molar-refractivity contribution in [3.05, 3.63) is 23.8 Å². The van der Waals surface area contributed by atoms with Gasteiger partial charge in [0.15, 0.2) is 0 Å². The quantitative estimate of drug-likeness (QED) is 0.785. The number of hydrogen-bond donors (Lipinski definition) is 2. The van der Waals surface area contributed by atoms with Gasteiger partial charge in [-0.1, -0.05) is 12.1 Å². The van der Waals surface area contributed by atoms with Gasteiger partial charge in [0.2, 0.25) is 0 Å². The van der Waals surface area contributed by atoms with E-state index in [0.717, 1.165) is 30.3 Å². The third-order valence-corrected chi connectivity index (χ3v) is 3.60. The Morgan fingerprint density at radius 1 is 1.47 bits per heavy atom. The first-order chi connectivity index (χ1) is 8.31. The lowest BCUT2D eigenvalue weighted by atomic mass is 9.92. The van der Waals surface area contributed by atoms with Gasteiger partial charge in [0.25, 0.3) is 0 Å². The van der Waals surface area contributed by atoms with Crippen molar-refractivity contribution >= 4 is 5.69 Å². The standard InChI is InChI=1S/C14H22N2O/c1-17-13-6-2-5-12(14(13)15)8-7-11-4-3-9-16-10-11/h2,5-6,11,16H,3-4,7-10,15H2,1H3. The number of hydrogen-bond acceptors (Lipinski definition) is 3. The highest BCUT2D eigenvalue weighted by atomic mass is 16.5. The van der Waals surface area contributed by atoms with Gasteiger partial charge in [-0.25, -0.2) is 0 Å². The second-order valence-electron chi connectivity index (χ2n) is 4.78. The summed E-state index contributed by atoms with van der Waals surface area (Å²) in [5.74, 6) is 1.60. The minimum atomic E-state index is 0.796. The number of nitrogens with one attached hydrogen (secondary N) is 1. The molecule has 1 aliphatic heterocycles. The Balaban J connectivity index is 1.93. The Hall–Kier alpha value is -1.22. The Morgan fingerprint density at radius 3 is 3.06 bits per heavy atom. The monoisotopic (exact) mass is 234 g/mol. The van der Waals surface area contributed by atoms with Crippen molar-refractivity contribution < 1.29 is 4.74 Å². The fraction of sp³-hybridized carbons (Fsp3) is 0.571. The van der Waals surface area contributed by atoms with Gasteiger partial charge >= 0.3 is 0 Å². The summed E-state index contributed by atoms with van der Waals surface area (Å²) in [5, 5.41) is 3.45. The molecule has 2 rings (SSSR count). The van der Waals surface area contributed by atoms with Crippen molar-refractivity contribution in [2.75, 3.05) is 25.9 Å². The van der Waals surface area contributed by atoms with Crippen LogP contribution in [0.4, 0.5) is 5.69 Å². The van der Waals surface area contributed by atoms with Crippen LogP contribution in [0.25, 0.3) is 0 Å². The topological polar surface area (TPSA) is 47.3 Å². The molecule has 1 saturated heterocycles. The summed E-state index contributed by atoms with van der Waals surface area (Å²) < 4.78 is 5.24. The Morgan fingerprint density at radius 2 is 2.35 bits per heavy atom. The van der Waals surface area contributed by atoms with Crippen molar-refractivity contribution in [1.29, 1.82) is 0 Å². The van der Waals surface area contributed by atoms with E-state index in [-0.39, 0.29) is 0 Å². The van der Waals surface area contributed by atoms with E-state index in [4.69, 9.17) is 10.5 Å². The smallest absolute Gasteiger partial charge is 0.142 e. The molecule has 0 bridgehead atoms. The van der Waals surface area contributed by atoms with E-state index in [2.05, 4.69) is 11.4 Å². The molecule has 1 aromatic carbocycles. The second kappa shape index (κ2) is 5.92. The molecule has 1 atom stereocenters. The molecule has 3 nitrogen and oxygen atoms in total. The molecular weight excluding hydrogens is 212 g/mol. The molecule has 17 heavy (non-hydrogen) atoms. The van der Waals surface area contributed by atoms with E-state index in [1.54, 1.807) is 7.11 Å². The normalized spacial score (nSPS) is 20.2. The number of nitrogen functional groups attached to an aromatic ring is 1. The highest BCUT2D eigenvalue weighted by molar-refractivity contribution is 5.58. The zero-order chi connectivity index (χ0) is 12.1. The minimum Gasteiger partial charge on any atom is -0.495 e. The molecule has 1 heterocycles. The zero-order valence-electron chi connectivity index (χ0n) is 10.5. The first-order valence-corrected chi connectivity index (χ1v) is 6.43. The van der Waals surface area contributed by atoms with Gasteiger partial charge in [-0.15, -0.1) is 0 Å². The second-order valence-corrected chi connectivity index (χ2v) is 4.78. The van der Waals surface area contributed by atoms with Gasteiger partial charge in [0.05, 0.1) is 12.8 Å². The van der Waals surface area contributed by atoms with Crippen molar-refractivity contribution in [1.82, 2.24) is 5.32 Å². The number of methoxy groups -OCH3 is 1. The molecule has 0 aliphatic carbocycles. The molecule has 0 spiro atoms. The Kier molecular flexibility index (Phi) is 4.26. The van der Waals surface area contributed by atoms with Gasteiger partial charge in [-0.3, -0.25) is 0 Å². The average Bonchev–Trinajstić information content (AvgIpc) is 2.39. The van der Waals surface area contributed by atoms with Crippen LogP contribution in [-0.2, 0) is 6.42 Å². The van der Waals surface area contributed by atoms with Crippen molar-refractivity contribution in [2.24, 2.45) is 5.92 Å². The van der Waals surface area contributed by atoms with E-state index in [1.165, 1.54) is 31.4 Å². The summed E-state index contributed by atoms with van der Waals surface area (Å²) >= 11 is 0. The minimum absolute atomic E-state index is 0.796. The lowest BCUT2D eigenvalue weighted by Crippen LogP contribution is -2.29. The lowest BCUT2D eigenvalue weighted by molar-refractivity contribution is 0.358. The number of rotatable bonds is 4. The molecule has 1 unspecified atom stereocenters. The highest BCUT2D eigenvalue weighted by Gasteiger charge is 2.14. The first kappa shape index (κ1) is 12.2. The van der Waals surface area contributed by atoms with Gasteiger partial charge in [-0.05, 0) is 56.3 Å². The van der Waals surface area contributed by atoms with Crippen LogP contribution in [0.2, 0.25) is 0 Å². The van der Waals surface area contributed by atoms with Crippen LogP contribution in [0.3, 0.4) is 0 Å². The summed E-state index contributed by atoms with van der Waals surface area (Å²) in [6.45, 7) is 2.33. The predicted molar refractivity (Wildman–Crippen MR) is 71.3 cm³/mol. The average molecular weight is 234 g/mol. The van der Waals surface area contributed by atoms with E-state index in [0.29, 0.717) is 0 Å². The number of benzene rings is 1. The van der Waals surface area contributed by atoms with E-state index >= 15 is 0 Å². The molecule has 1 aromatic rings. The number of para-hydroxylation sites is 1. The lowest BCUT2D eigenvalue weighted by Gasteiger charge is -2.22. The number of aryl methyl sites for hydroxylation is 1. The van der Waals surface area contributed by atoms with Crippen LogP contribution in [-0.4, -0.2) is 20.2 Å². The maximum atomic E-state index is 6.07. The number of anilines is 1. The summed E-state index contributed by atoms with van der Waals surface area (Å²) in [4.78, 5) is 0. The summed E-state index contributed by atoms with van der Waals surface area (Å²) in [6.07, 6.45) is 4.91. The van der Waals surface area contributed by atoms with Gasteiger partial charge in [0.1, 0.15) is 5.75 Å². The number of ether oxygens (including phenoxy) is 1. The number of nitrogens with two attached hydrogens (primary N) is 1. The van der Waals surface area contributed by atoms with Gasteiger partial charge < -0.3 is 15.8 Å². The van der Waals surface area contributed by atoms with E-state index in [1.807, 2.05) is 12.1 Å². The van der Waals surface area contributed by atoms with Crippen molar-refractivity contribution in [3.63, 3.8) is 0 Å². The maximum absolute atomic E-state index is 6.07. The molecule has 1 fully saturated rings.